The number of hydrogen-bond acceptors (Lipinski definition) is 4. The summed E-state index contributed by atoms with van der Waals surface area (Å²) in [5.74, 6) is 1.82. The van der Waals surface area contributed by atoms with E-state index in [-0.39, 0.29) is 5.91 Å². The highest BCUT2D eigenvalue weighted by Crippen LogP contribution is 2.23. The third-order valence-corrected chi connectivity index (χ3v) is 6.73. The number of likely N-dealkylation sites (tertiary alicyclic amines) is 1. The average Bonchev–Trinajstić information content (AvgIpc) is 2.78. The third-order valence-electron chi connectivity index (χ3n) is 5.80. The first-order valence-electron chi connectivity index (χ1n) is 10.8. The minimum absolute atomic E-state index is 0.121. The number of hydrogen-bond donors (Lipinski definition) is 0. The maximum Gasteiger partial charge on any atom is 0.255 e. The maximum atomic E-state index is 12.8. The Morgan fingerprint density at radius 1 is 1.10 bits per heavy atom. The summed E-state index contributed by atoms with van der Waals surface area (Å²) >= 11 is 1.76. The molecule has 0 bridgehead atoms. The van der Waals surface area contributed by atoms with Crippen molar-refractivity contribution in [3.05, 3.63) is 59.8 Å². The Labute approximate surface area is 179 Å². The first-order chi connectivity index (χ1) is 14.2. The summed E-state index contributed by atoms with van der Waals surface area (Å²) in [5, 5.41) is 0.996. The molecule has 29 heavy (non-hydrogen) atoms. The number of carbonyl (C=O) groups excluding carboxylic acids is 1. The van der Waals surface area contributed by atoms with Crippen molar-refractivity contribution in [2.75, 3.05) is 38.5 Å². The number of thioether (sulfide) groups is 1. The molecule has 0 aliphatic carbocycles. The Kier molecular flexibility index (Phi) is 8.56. The van der Waals surface area contributed by atoms with Crippen molar-refractivity contribution in [1.82, 2.24) is 14.8 Å². The van der Waals surface area contributed by atoms with E-state index >= 15 is 0 Å². The Morgan fingerprint density at radius 2 is 1.83 bits per heavy atom. The van der Waals surface area contributed by atoms with Gasteiger partial charge >= 0.3 is 0 Å². The van der Waals surface area contributed by atoms with Gasteiger partial charge in [-0.2, -0.15) is 0 Å². The largest absolute Gasteiger partial charge is 0.339 e. The zero-order valence-corrected chi connectivity index (χ0v) is 18.5. The lowest BCUT2D eigenvalue weighted by Gasteiger charge is -2.32. The van der Waals surface area contributed by atoms with Crippen LogP contribution in [0, 0.1) is 5.92 Å². The van der Waals surface area contributed by atoms with Crippen LogP contribution in [0.25, 0.3) is 0 Å². The highest BCUT2D eigenvalue weighted by Gasteiger charge is 2.24. The standard InChI is InChI=1S/C24H33N3OS/c1-3-26(4-2)16-17-29-23-11-10-22(19-25-23)24(28)27-14-12-21(13-15-27)18-20-8-6-5-7-9-20/h5-11,19,21H,3-4,12-18H2,1-2H3. The molecule has 156 valence electrons. The Bertz CT molecular complexity index is 738. The van der Waals surface area contributed by atoms with Gasteiger partial charge in [-0.3, -0.25) is 4.79 Å². The number of aromatic nitrogens is 1. The summed E-state index contributed by atoms with van der Waals surface area (Å²) in [5.41, 5.74) is 2.11. The number of rotatable bonds is 9. The predicted molar refractivity (Wildman–Crippen MR) is 122 cm³/mol. The van der Waals surface area contributed by atoms with E-state index in [1.165, 1.54) is 5.56 Å². The fourth-order valence-electron chi connectivity index (χ4n) is 3.88. The monoisotopic (exact) mass is 411 g/mol. The second kappa shape index (κ2) is 11.4. The lowest BCUT2D eigenvalue weighted by atomic mass is 9.90. The van der Waals surface area contributed by atoms with E-state index in [0.717, 1.165) is 62.8 Å². The zero-order valence-electron chi connectivity index (χ0n) is 17.7. The molecule has 2 aromatic rings. The van der Waals surface area contributed by atoms with Crippen LogP contribution >= 0.6 is 11.8 Å². The van der Waals surface area contributed by atoms with Crippen LogP contribution < -0.4 is 0 Å². The lowest BCUT2D eigenvalue weighted by molar-refractivity contribution is 0.0690. The molecule has 1 aromatic carbocycles. The molecule has 0 atom stereocenters. The van der Waals surface area contributed by atoms with Gasteiger partial charge in [-0.1, -0.05) is 44.2 Å². The van der Waals surface area contributed by atoms with E-state index in [4.69, 9.17) is 0 Å². The topological polar surface area (TPSA) is 36.4 Å². The van der Waals surface area contributed by atoms with Gasteiger partial charge in [-0.25, -0.2) is 4.98 Å². The van der Waals surface area contributed by atoms with Crippen LogP contribution in [0.1, 0.15) is 42.6 Å². The summed E-state index contributed by atoms with van der Waals surface area (Å²) in [6.07, 6.45) is 5.02. The van der Waals surface area contributed by atoms with Gasteiger partial charge in [0.15, 0.2) is 0 Å². The van der Waals surface area contributed by atoms with Crippen molar-refractivity contribution in [1.29, 1.82) is 0 Å². The fraction of sp³-hybridized carbons (Fsp3) is 0.500. The second-order valence-corrected chi connectivity index (χ2v) is 8.80. The summed E-state index contributed by atoms with van der Waals surface area (Å²) in [6.45, 7) is 9.31. The first kappa shape index (κ1) is 21.8. The number of nitrogens with zero attached hydrogens (tertiary/aromatic N) is 3. The minimum atomic E-state index is 0.121. The minimum Gasteiger partial charge on any atom is -0.339 e. The van der Waals surface area contributed by atoms with Gasteiger partial charge in [0.05, 0.1) is 10.6 Å². The van der Waals surface area contributed by atoms with Gasteiger partial charge in [-0.15, -0.1) is 11.8 Å². The number of benzene rings is 1. The van der Waals surface area contributed by atoms with E-state index in [1.807, 2.05) is 17.0 Å². The van der Waals surface area contributed by atoms with Crippen LogP contribution in [0.4, 0.5) is 0 Å². The van der Waals surface area contributed by atoms with Gasteiger partial charge in [0, 0.05) is 31.6 Å². The van der Waals surface area contributed by atoms with Crippen molar-refractivity contribution in [2.45, 2.75) is 38.1 Å². The molecule has 1 aromatic heterocycles. The predicted octanol–water partition coefficient (Wildman–Crippen LogP) is 4.61. The van der Waals surface area contributed by atoms with Crippen LogP contribution in [0.5, 0.6) is 0 Å². The van der Waals surface area contributed by atoms with Crippen molar-refractivity contribution in [3.63, 3.8) is 0 Å². The number of amides is 1. The van der Waals surface area contributed by atoms with Crippen molar-refractivity contribution in [2.24, 2.45) is 5.92 Å². The summed E-state index contributed by atoms with van der Waals surface area (Å²) in [7, 11) is 0. The van der Waals surface area contributed by atoms with Crippen molar-refractivity contribution in [3.8, 4) is 0 Å². The smallest absolute Gasteiger partial charge is 0.255 e. The molecule has 2 heterocycles. The van der Waals surface area contributed by atoms with Gasteiger partial charge in [0.25, 0.3) is 5.91 Å². The molecule has 0 N–H and O–H groups in total. The molecule has 1 amide bonds. The van der Waals surface area contributed by atoms with Gasteiger partial charge < -0.3 is 9.80 Å². The summed E-state index contributed by atoms with van der Waals surface area (Å²) in [4.78, 5) is 21.7. The van der Waals surface area contributed by atoms with Crippen LogP contribution in [0.15, 0.2) is 53.7 Å². The average molecular weight is 412 g/mol. The van der Waals surface area contributed by atoms with E-state index in [1.54, 1.807) is 18.0 Å². The quantitative estimate of drug-likeness (QED) is 0.565. The molecule has 1 aliphatic rings. The van der Waals surface area contributed by atoms with E-state index in [0.29, 0.717) is 11.5 Å². The number of pyridine rings is 1. The molecule has 0 saturated carbocycles. The first-order valence-corrected chi connectivity index (χ1v) is 11.8. The van der Waals surface area contributed by atoms with Crippen LogP contribution in [0.3, 0.4) is 0 Å². The molecule has 3 rings (SSSR count). The molecule has 5 heteroatoms. The fourth-order valence-corrected chi connectivity index (χ4v) is 4.73. The number of carbonyl (C=O) groups is 1. The SMILES string of the molecule is CCN(CC)CCSc1ccc(C(=O)N2CCC(Cc3ccccc3)CC2)cn1. The van der Waals surface area contributed by atoms with Gasteiger partial charge in [0.2, 0.25) is 0 Å². The highest BCUT2D eigenvalue weighted by molar-refractivity contribution is 7.99. The molecule has 1 fully saturated rings. The second-order valence-electron chi connectivity index (χ2n) is 7.69. The van der Waals surface area contributed by atoms with Crippen molar-refractivity contribution < 1.29 is 4.79 Å². The normalized spacial score (nSPS) is 15.1. The maximum absolute atomic E-state index is 12.8. The molecular formula is C24H33N3OS. The van der Waals surface area contributed by atoms with E-state index < -0.39 is 0 Å². The van der Waals surface area contributed by atoms with Crippen LogP contribution in [0.2, 0.25) is 0 Å². The lowest BCUT2D eigenvalue weighted by Crippen LogP contribution is -2.38. The van der Waals surface area contributed by atoms with Gasteiger partial charge in [-0.05, 0) is 56.0 Å². The molecule has 1 aliphatic heterocycles. The van der Waals surface area contributed by atoms with Crippen LogP contribution in [-0.4, -0.2) is 59.2 Å². The molecule has 0 unspecified atom stereocenters. The van der Waals surface area contributed by atoms with Gasteiger partial charge in [0.1, 0.15) is 0 Å². The zero-order chi connectivity index (χ0) is 20.5. The molecule has 0 radical (unpaired) electrons. The molecule has 0 spiro atoms. The molecule has 4 nitrogen and oxygen atoms in total. The molecule has 1 saturated heterocycles. The Hall–Kier alpha value is -1.85. The van der Waals surface area contributed by atoms with E-state index in [9.17, 15) is 4.79 Å². The Balaban J connectivity index is 1.44. The Morgan fingerprint density at radius 3 is 2.45 bits per heavy atom. The third kappa shape index (κ3) is 6.58. The summed E-state index contributed by atoms with van der Waals surface area (Å²) in [6, 6.07) is 14.6. The highest BCUT2D eigenvalue weighted by atomic mass is 32.2. The van der Waals surface area contributed by atoms with Crippen molar-refractivity contribution >= 4 is 17.7 Å². The summed E-state index contributed by atoms with van der Waals surface area (Å²) < 4.78 is 0. The molecular weight excluding hydrogens is 378 g/mol. The number of piperidine rings is 1. The van der Waals surface area contributed by atoms with Crippen LogP contribution in [-0.2, 0) is 6.42 Å². The van der Waals surface area contributed by atoms with E-state index in [2.05, 4.69) is 54.1 Å².